The molecule has 88 valence electrons. The van der Waals surface area contributed by atoms with Gasteiger partial charge < -0.3 is 10.4 Å². The molecule has 1 heterocycles. The van der Waals surface area contributed by atoms with Gasteiger partial charge in [-0.25, -0.2) is 9.97 Å². The molecular formula is C11H16ClN3O. The van der Waals surface area contributed by atoms with Gasteiger partial charge in [0.05, 0.1) is 17.5 Å². The zero-order valence-electron chi connectivity index (χ0n) is 9.50. The molecule has 1 aliphatic rings. The summed E-state index contributed by atoms with van der Waals surface area (Å²) in [6, 6.07) is 0. The van der Waals surface area contributed by atoms with Crippen molar-refractivity contribution in [1.82, 2.24) is 9.97 Å². The molecule has 5 heteroatoms. The summed E-state index contributed by atoms with van der Waals surface area (Å²) >= 11 is 5.99. The van der Waals surface area contributed by atoms with Crippen LogP contribution in [-0.2, 0) is 0 Å². The summed E-state index contributed by atoms with van der Waals surface area (Å²) in [6.45, 7) is 4.60. The van der Waals surface area contributed by atoms with Crippen LogP contribution in [0.4, 0.5) is 5.82 Å². The number of rotatable bonds is 3. The maximum atomic E-state index is 9.17. The molecule has 2 rings (SSSR count). The number of anilines is 1. The predicted molar refractivity (Wildman–Crippen MR) is 63.7 cm³/mol. The summed E-state index contributed by atoms with van der Waals surface area (Å²) in [4.78, 5) is 8.55. The number of hydrogen-bond acceptors (Lipinski definition) is 4. The van der Waals surface area contributed by atoms with Gasteiger partial charge in [-0.05, 0) is 32.6 Å². The van der Waals surface area contributed by atoms with Crippen LogP contribution in [0.15, 0.2) is 0 Å². The fraction of sp³-hybridized carbons (Fsp3) is 0.636. The van der Waals surface area contributed by atoms with Crippen molar-refractivity contribution in [3.63, 3.8) is 0 Å². The average Bonchev–Trinajstić information content (AvgIpc) is 2.18. The van der Waals surface area contributed by atoms with E-state index >= 15 is 0 Å². The number of hydrogen-bond donors (Lipinski definition) is 2. The molecule has 0 unspecified atom stereocenters. The second kappa shape index (κ2) is 4.55. The van der Waals surface area contributed by atoms with Crippen molar-refractivity contribution < 1.29 is 5.11 Å². The first-order valence-electron chi connectivity index (χ1n) is 5.49. The lowest BCUT2D eigenvalue weighted by molar-refractivity contribution is 0.0486. The number of aromatic nitrogens is 2. The van der Waals surface area contributed by atoms with Crippen LogP contribution >= 0.6 is 11.6 Å². The summed E-state index contributed by atoms with van der Waals surface area (Å²) in [7, 11) is 0. The van der Waals surface area contributed by atoms with Crippen molar-refractivity contribution in [3.8, 4) is 0 Å². The van der Waals surface area contributed by atoms with Crippen molar-refractivity contribution in [2.45, 2.75) is 32.8 Å². The molecule has 1 aromatic heterocycles. The molecule has 0 amide bonds. The molecule has 0 aromatic carbocycles. The average molecular weight is 242 g/mol. The van der Waals surface area contributed by atoms with Gasteiger partial charge in [-0.15, -0.1) is 0 Å². The van der Waals surface area contributed by atoms with Gasteiger partial charge in [0.25, 0.3) is 0 Å². The van der Waals surface area contributed by atoms with E-state index in [0.717, 1.165) is 30.8 Å². The van der Waals surface area contributed by atoms with Gasteiger partial charge in [-0.2, -0.15) is 0 Å². The molecule has 1 aromatic rings. The van der Waals surface area contributed by atoms with Gasteiger partial charge in [0.1, 0.15) is 0 Å². The molecule has 2 N–H and O–H groups in total. The summed E-state index contributed by atoms with van der Waals surface area (Å²) in [5, 5.41) is 12.8. The Kier molecular flexibility index (Phi) is 3.30. The molecule has 0 bridgehead atoms. The van der Waals surface area contributed by atoms with Gasteiger partial charge in [-0.3, -0.25) is 0 Å². The second-order valence-corrected chi connectivity index (χ2v) is 4.76. The molecular weight excluding hydrogens is 226 g/mol. The Hall–Kier alpha value is -0.870. The zero-order valence-corrected chi connectivity index (χ0v) is 10.3. The topological polar surface area (TPSA) is 58.0 Å². The smallest absolute Gasteiger partial charge is 0.171 e. The Labute approximate surface area is 100 Å². The Balaban J connectivity index is 1.96. The van der Waals surface area contributed by atoms with Crippen molar-refractivity contribution in [3.05, 3.63) is 16.5 Å². The minimum Gasteiger partial charge on any atom is -0.393 e. The summed E-state index contributed by atoms with van der Waals surface area (Å²) < 4.78 is 0. The third-order valence-corrected chi connectivity index (χ3v) is 3.30. The van der Waals surface area contributed by atoms with E-state index in [1.54, 1.807) is 0 Å². The van der Waals surface area contributed by atoms with E-state index in [2.05, 4.69) is 15.3 Å². The first-order valence-corrected chi connectivity index (χ1v) is 5.86. The number of aliphatic hydroxyl groups excluding tert-OH is 1. The number of halogens is 1. The Morgan fingerprint density at radius 3 is 2.56 bits per heavy atom. The van der Waals surface area contributed by atoms with Gasteiger partial charge >= 0.3 is 0 Å². The number of aryl methyl sites for hydroxylation is 2. The van der Waals surface area contributed by atoms with E-state index < -0.39 is 0 Å². The number of nitrogens with zero attached hydrogens (tertiary/aromatic N) is 2. The lowest BCUT2D eigenvalue weighted by atomic mass is 9.82. The highest BCUT2D eigenvalue weighted by Crippen LogP contribution is 2.28. The quantitative estimate of drug-likeness (QED) is 0.849. The normalized spacial score (nSPS) is 24.0. The number of aliphatic hydroxyl groups is 1. The zero-order chi connectivity index (χ0) is 11.7. The first-order chi connectivity index (χ1) is 7.56. The fourth-order valence-corrected chi connectivity index (χ4v) is 2.03. The third-order valence-electron chi connectivity index (χ3n) is 3.03. The molecule has 0 atom stereocenters. The molecule has 16 heavy (non-hydrogen) atoms. The van der Waals surface area contributed by atoms with Gasteiger partial charge in [0.2, 0.25) is 0 Å². The maximum Gasteiger partial charge on any atom is 0.171 e. The second-order valence-electron chi connectivity index (χ2n) is 4.41. The van der Waals surface area contributed by atoms with E-state index in [0.29, 0.717) is 16.9 Å². The molecule has 0 spiro atoms. The minimum absolute atomic E-state index is 0.117. The Bertz CT molecular complexity index is 391. The highest BCUT2D eigenvalue weighted by atomic mass is 35.5. The van der Waals surface area contributed by atoms with Crippen LogP contribution in [0.3, 0.4) is 0 Å². The van der Waals surface area contributed by atoms with Crippen LogP contribution in [-0.4, -0.2) is 27.7 Å². The van der Waals surface area contributed by atoms with Crippen LogP contribution in [0, 0.1) is 19.8 Å². The van der Waals surface area contributed by atoms with Crippen molar-refractivity contribution in [2.75, 3.05) is 11.9 Å². The maximum absolute atomic E-state index is 9.17. The lowest BCUT2D eigenvalue weighted by Crippen LogP contribution is -2.33. The highest BCUT2D eigenvalue weighted by Gasteiger charge is 2.26. The SMILES string of the molecule is Cc1nc(Cl)c(NCC2CC(O)C2)nc1C. The Morgan fingerprint density at radius 2 is 1.94 bits per heavy atom. The third kappa shape index (κ3) is 2.44. The van der Waals surface area contributed by atoms with Crippen LogP contribution in [0.5, 0.6) is 0 Å². The highest BCUT2D eigenvalue weighted by molar-refractivity contribution is 6.31. The van der Waals surface area contributed by atoms with E-state index in [1.165, 1.54) is 0 Å². The van der Waals surface area contributed by atoms with Crippen LogP contribution < -0.4 is 5.32 Å². The van der Waals surface area contributed by atoms with Crippen LogP contribution in [0.25, 0.3) is 0 Å². The molecule has 0 aliphatic heterocycles. The Morgan fingerprint density at radius 1 is 1.31 bits per heavy atom. The van der Waals surface area contributed by atoms with Crippen molar-refractivity contribution in [2.24, 2.45) is 5.92 Å². The molecule has 0 radical (unpaired) electrons. The van der Waals surface area contributed by atoms with E-state index in [9.17, 15) is 0 Å². The largest absolute Gasteiger partial charge is 0.393 e. The number of nitrogens with one attached hydrogen (secondary N) is 1. The molecule has 1 fully saturated rings. The molecule has 4 nitrogen and oxygen atoms in total. The summed E-state index contributed by atoms with van der Waals surface area (Å²) in [5.41, 5.74) is 1.75. The summed E-state index contributed by atoms with van der Waals surface area (Å²) in [5.74, 6) is 1.17. The summed E-state index contributed by atoms with van der Waals surface area (Å²) in [6.07, 6.45) is 1.61. The van der Waals surface area contributed by atoms with Gasteiger partial charge in [0, 0.05) is 6.54 Å². The molecule has 1 saturated carbocycles. The van der Waals surface area contributed by atoms with Gasteiger partial charge in [0.15, 0.2) is 11.0 Å². The van der Waals surface area contributed by atoms with E-state index in [-0.39, 0.29) is 6.10 Å². The standard InChI is InChI=1S/C11H16ClN3O/c1-6-7(2)15-11(10(12)14-6)13-5-8-3-9(16)4-8/h8-9,16H,3-5H2,1-2H3,(H,13,15). The minimum atomic E-state index is -0.117. The van der Waals surface area contributed by atoms with Gasteiger partial charge in [-0.1, -0.05) is 11.6 Å². The van der Waals surface area contributed by atoms with E-state index in [1.807, 2.05) is 13.8 Å². The fourth-order valence-electron chi connectivity index (χ4n) is 1.80. The van der Waals surface area contributed by atoms with E-state index in [4.69, 9.17) is 16.7 Å². The monoisotopic (exact) mass is 241 g/mol. The van der Waals surface area contributed by atoms with Crippen LogP contribution in [0.1, 0.15) is 24.2 Å². The first kappa shape index (κ1) is 11.6. The predicted octanol–water partition coefficient (Wildman–Crippen LogP) is 1.93. The molecule has 1 aliphatic carbocycles. The lowest BCUT2D eigenvalue weighted by Gasteiger charge is -2.31. The van der Waals surface area contributed by atoms with Crippen molar-refractivity contribution >= 4 is 17.4 Å². The molecule has 0 saturated heterocycles. The van der Waals surface area contributed by atoms with Crippen LogP contribution in [0.2, 0.25) is 5.15 Å². The van der Waals surface area contributed by atoms with Crippen molar-refractivity contribution in [1.29, 1.82) is 0 Å².